The number of hydrogen-bond donors (Lipinski definition) is 0. The monoisotopic (exact) mass is 312 g/mol. The van der Waals surface area contributed by atoms with Crippen LogP contribution in [0.3, 0.4) is 0 Å². The van der Waals surface area contributed by atoms with Gasteiger partial charge in [-0.2, -0.15) is 13.2 Å². The molecule has 3 rings (SSSR count). The number of amides is 3. The lowest BCUT2D eigenvalue weighted by Gasteiger charge is -2.30. The molecule has 0 saturated carbocycles. The zero-order chi connectivity index (χ0) is 16.1. The lowest BCUT2D eigenvalue weighted by atomic mass is 9.93. The summed E-state index contributed by atoms with van der Waals surface area (Å²) >= 11 is 0. The van der Waals surface area contributed by atoms with Gasteiger partial charge in [0.05, 0.1) is 11.3 Å². The van der Waals surface area contributed by atoms with Crippen molar-refractivity contribution in [3.63, 3.8) is 0 Å². The van der Waals surface area contributed by atoms with E-state index in [0.29, 0.717) is 17.9 Å². The van der Waals surface area contributed by atoms with Gasteiger partial charge in [-0.15, -0.1) is 0 Å². The first-order valence-corrected chi connectivity index (χ1v) is 7.11. The number of urea groups is 1. The van der Waals surface area contributed by atoms with Gasteiger partial charge in [0.25, 0.3) is 5.91 Å². The highest BCUT2D eigenvalue weighted by Gasteiger charge is 2.49. The smallest absolute Gasteiger partial charge is 0.312 e. The Labute approximate surface area is 125 Å². The van der Waals surface area contributed by atoms with E-state index in [4.69, 9.17) is 0 Å². The van der Waals surface area contributed by atoms with Crippen molar-refractivity contribution in [2.45, 2.75) is 32.0 Å². The number of halogens is 3. The first-order valence-electron chi connectivity index (χ1n) is 7.11. The minimum absolute atomic E-state index is 0.274. The molecule has 0 unspecified atom stereocenters. The van der Waals surface area contributed by atoms with Crippen LogP contribution in [-0.2, 0) is 11.0 Å². The Balaban J connectivity index is 2.03. The Morgan fingerprint density at radius 2 is 1.86 bits per heavy atom. The predicted molar refractivity (Wildman–Crippen MR) is 73.2 cm³/mol. The molecule has 2 atom stereocenters. The molecular formula is C15H15F3N2O2. The summed E-state index contributed by atoms with van der Waals surface area (Å²) in [5.74, 6) is -0.288. The average Bonchev–Trinajstić information content (AvgIpc) is 2.69. The largest absolute Gasteiger partial charge is 0.418 e. The Bertz CT molecular complexity index is 629. The number of nitrogens with zero attached hydrogens (tertiary/aromatic N) is 2. The molecule has 2 aliphatic heterocycles. The topological polar surface area (TPSA) is 40.6 Å². The molecule has 2 saturated heterocycles. The maximum Gasteiger partial charge on any atom is 0.418 e. The summed E-state index contributed by atoms with van der Waals surface area (Å²) < 4.78 is 39.4. The van der Waals surface area contributed by atoms with Gasteiger partial charge in [0.1, 0.15) is 6.04 Å². The molecule has 2 fully saturated rings. The number of hydrogen-bond acceptors (Lipinski definition) is 2. The number of imide groups is 1. The number of anilines is 1. The van der Waals surface area contributed by atoms with Gasteiger partial charge in [-0.1, -0.05) is 19.1 Å². The molecule has 0 aromatic heterocycles. The SMILES string of the molecule is C[C@H]1CCN2C(=O)N(c3ccccc3C(F)(F)F)C(=O)[C@@H]2C1. The Morgan fingerprint density at radius 3 is 2.55 bits per heavy atom. The molecule has 118 valence electrons. The third-order valence-electron chi connectivity index (χ3n) is 4.26. The van der Waals surface area contributed by atoms with Crippen molar-refractivity contribution in [1.82, 2.24) is 4.90 Å². The second-order valence-electron chi connectivity index (χ2n) is 5.81. The molecule has 2 heterocycles. The van der Waals surface area contributed by atoms with Crippen molar-refractivity contribution in [1.29, 1.82) is 0 Å². The number of benzene rings is 1. The third-order valence-corrected chi connectivity index (χ3v) is 4.26. The Hall–Kier alpha value is -2.05. The molecule has 22 heavy (non-hydrogen) atoms. The van der Waals surface area contributed by atoms with Crippen molar-refractivity contribution in [2.75, 3.05) is 11.4 Å². The summed E-state index contributed by atoms with van der Waals surface area (Å²) in [4.78, 5) is 26.9. The number of para-hydroxylation sites is 1. The van der Waals surface area contributed by atoms with Gasteiger partial charge in [0.15, 0.2) is 0 Å². The Morgan fingerprint density at radius 1 is 1.18 bits per heavy atom. The lowest BCUT2D eigenvalue weighted by Crippen LogP contribution is -2.41. The van der Waals surface area contributed by atoms with Crippen LogP contribution in [0.5, 0.6) is 0 Å². The minimum Gasteiger partial charge on any atom is -0.312 e. The van der Waals surface area contributed by atoms with Crippen LogP contribution in [0.1, 0.15) is 25.3 Å². The Kier molecular flexibility index (Phi) is 3.38. The molecule has 4 nitrogen and oxygen atoms in total. The molecule has 0 radical (unpaired) electrons. The van der Waals surface area contributed by atoms with E-state index in [2.05, 4.69) is 0 Å². The van der Waals surface area contributed by atoms with Gasteiger partial charge >= 0.3 is 12.2 Å². The van der Waals surface area contributed by atoms with Crippen LogP contribution in [0.4, 0.5) is 23.7 Å². The quantitative estimate of drug-likeness (QED) is 0.747. The zero-order valence-electron chi connectivity index (χ0n) is 11.9. The van der Waals surface area contributed by atoms with Crippen LogP contribution in [0, 0.1) is 5.92 Å². The number of carbonyl (C=O) groups is 2. The third kappa shape index (κ3) is 2.24. The number of fused-ring (bicyclic) bond motifs is 1. The van der Waals surface area contributed by atoms with Crippen molar-refractivity contribution in [2.24, 2.45) is 5.92 Å². The van der Waals surface area contributed by atoms with Crippen LogP contribution in [0.25, 0.3) is 0 Å². The van der Waals surface area contributed by atoms with E-state index >= 15 is 0 Å². The zero-order valence-corrected chi connectivity index (χ0v) is 11.9. The normalized spacial score (nSPS) is 25.6. The van der Waals surface area contributed by atoms with Crippen molar-refractivity contribution in [3.8, 4) is 0 Å². The molecule has 3 amide bonds. The van der Waals surface area contributed by atoms with Crippen LogP contribution in [0.15, 0.2) is 24.3 Å². The van der Waals surface area contributed by atoms with E-state index in [9.17, 15) is 22.8 Å². The molecule has 2 aliphatic rings. The summed E-state index contributed by atoms with van der Waals surface area (Å²) in [5, 5.41) is 0. The van der Waals surface area contributed by atoms with Gasteiger partial charge in [0.2, 0.25) is 0 Å². The molecular weight excluding hydrogens is 297 g/mol. The number of rotatable bonds is 1. The van der Waals surface area contributed by atoms with Crippen molar-refractivity contribution in [3.05, 3.63) is 29.8 Å². The molecule has 1 aromatic rings. The highest BCUT2D eigenvalue weighted by molar-refractivity contribution is 6.21. The first kappa shape index (κ1) is 14.9. The van der Waals surface area contributed by atoms with Crippen molar-refractivity contribution < 1.29 is 22.8 Å². The molecule has 0 spiro atoms. The fourth-order valence-electron chi connectivity index (χ4n) is 3.11. The van der Waals surface area contributed by atoms with E-state index < -0.39 is 29.7 Å². The minimum atomic E-state index is -4.62. The number of piperidine rings is 1. The van der Waals surface area contributed by atoms with Crippen molar-refractivity contribution >= 4 is 17.6 Å². The second kappa shape index (κ2) is 5.00. The summed E-state index contributed by atoms with van der Waals surface area (Å²) in [7, 11) is 0. The summed E-state index contributed by atoms with van der Waals surface area (Å²) in [5.41, 5.74) is -1.35. The molecule has 1 aromatic carbocycles. The number of alkyl halides is 3. The van der Waals surface area contributed by atoms with Gasteiger partial charge in [0, 0.05) is 6.54 Å². The summed E-state index contributed by atoms with van der Waals surface area (Å²) in [6, 6.07) is 3.39. The fraction of sp³-hybridized carbons (Fsp3) is 0.467. The van der Waals surface area contributed by atoms with E-state index in [1.165, 1.54) is 23.1 Å². The molecule has 0 aliphatic carbocycles. The highest BCUT2D eigenvalue weighted by atomic mass is 19.4. The average molecular weight is 312 g/mol. The van der Waals surface area contributed by atoms with Crippen LogP contribution in [0.2, 0.25) is 0 Å². The van der Waals surface area contributed by atoms with E-state index in [-0.39, 0.29) is 11.6 Å². The standard InChI is InChI=1S/C15H15F3N2O2/c1-9-6-7-19-12(8-9)13(21)20(14(19)22)11-5-3-2-4-10(11)15(16,17)18/h2-5,9,12H,6-8H2,1H3/t9-,12-/m0/s1. The van der Waals surface area contributed by atoms with Gasteiger partial charge < -0.3 is 4.90 Å². The van der Waals surface area contributed by atoms with Gasteiger partial charge in [-0.3, -0.25) is 4.79 Å². The maximum atomic E-state index is 13.1. The predicted octanol–water partition coefficient (Wildman–Crippen LogP) is 3.27. The summed E-state index contributed by atoms with van der Waals surface area (Å²) in [6.45, 7) is 2.38. The summed E-state index contributed by atoms with van der Waals surface area (Å²) in [6.07, 6.45) is -3.37. The number of carbonyl (C=O) groups excluding carboxylic acids is 2. The van der Waals surface area contributed by atoms with Crippen LogP contribution in [-0.4, -0.2) is 29.4 Å². The van der Waals surface area contributed by atoms with Crippen LogP contribution < -0.4 is 4.90 Å². The highest BCUT2D eigenvalue weighted by Crippen LogP contribution is 2.40. The van der Waals surface area contributed by atoms with Gasteiger partial charge in [-0.25, -0.2) is 9.69 Å². The fourth-order valence-corrected chi connectivity index (χ4v) is 3.11. The lowest BCUT2D eigenvalue weighted by molar-refractivity contribution is -0.137. The molecule has 0 N–H and O–H groups in total. The van der Waals surface area contributed by atoms with Crippen LogP contribution >= 0.6 is 0 Å². The second-order valence-corrected chi connectivity index (χ2v) is 5.81. The van der Waals surface area contributed by atoms with Gasteiger partial charge in [-0.05, 0) is 30.9 Å². The first-order chi connectivity index (χ1) is 10.3. The van der Waals surface area contributed by atoms with E-state index in [1.807, 2.05) is 6.92 Å². The molecule has 0 bridgehead atoms. The van der Waals surface area contributed by atoms with E-state index in [0.717, 1.165) is 12.5 Å². The maximum absolute atomic E-state index is 13.1. The molecule has 7 heteroatoms. The van der Waals surface area contributed by atoms with E-state index in [1.54, 1.807) is 0 Å².